The van der Waals surface area contributed by atoms with Gasteiger partial charge in [0.1, 0.15) is 23.5 Å². The zero-order chi connectivity index (χ0) is 22.8. The van der Waals surface area contributed by atoms with Crippen LogP contribution in [0.4, 0.5) is 5.82 Å². The second-order valence-corrected chi connectivity index (χ2v) is 7.65. The number of amides is 1. The first-order valence-electron chi connectivity index (χ1n) is 10.5. The van der Waals surface area contributed by atoms with Gasteiger partial charge in [-0.3, -0.25) is 14.3 Å². The summed E-state index contributed by atoms with van der Waals surface area (Å²) in [6.07, 6.45) is 18.3. The molecule has 3 heterocycles. The van der Waals surface area contributed by atoms with Crippen LogP contribution in [-0.4, -0.2) is 26.5 Å². The third-order valence-electron chi connectivity index (χ3n) is 5.56. The van der Waals surface area contributed by atoms with E-state index < -0.39 is 17.6 Å². The minimum absolute atomic E-state index is 0.0289. The highest BCUT2D eigenvalue weighted by Crippen LogP contribution is 2.24. The van der Waals surface area contributed by atoms with Crippen molar-refractivity contribution in [2.24, 2.45) is 5.92 Å². The van der Waals surface area contributed by atoms with Crippen molar-refractivity contribution in [3.63, 3.8) is 0 Å². The Kier molecular flexibility index (Phi) is 5.29. The molecule has 2 aliphatic carbocycles. The molecule has 0 radical (unpaired) electrons. The number of fused-ring (bicyclic) bond motifs is 2. The van der Waals surface area contributed by atoms with Crippen molar-refractivity contribution >= 4 is 29.3 Å². The van der Waals surface area contributed by atoms with Gasteiger partial charge in [0.15, 0.2) is 5.92 Å². The SMILES string of the molecule is N#CC(C(=O)Nc1ccccn1)C(=O)c1nn(C2C=CCC=C2)c2c1=COC1=CC=CCC=21. The third-order valence-corrected chi connectivity index (χ3v) is 5.56. The summed E-state index contributed by atoms with van der Waals surface area (Å²) in [5.74, 6) is -2.08. The van der Waals surface area contributed by atoms with E-state index in [1.54, 1.807) is 22.9 Å². The molecule has 162 valence electrons. The number of Topliss-reactive ketones (excluding diaryl/α,β-unsaturated/α-hetero) is 1. The molecule has 0 fully saturated rings. The van der Waals surface area contributed by atoms with Gasteiger partial charge < -0.3 is 10.1 Å². The van der Waals surface area contributed by atoms with Crippen LogP contribution in [0.2, 0.25) is 0 Å². The van der Waals surface area contributed by atoms with E-state index in [2.05, 4.69) is 15.4 Å². The van der Waals surface area contributed by atoms with Crippen LogP contribution in [0.3, 0.4) is 0 Å². The van der Waals surface area contributed by atoms with Gasteiger partial charge in [-0.2, -0.15) is 10.4 Å². The molecule has 33 heavy (non-hydrogen) atoms. The number of hydrogen-bond acceptors (Lipinski definition) is 6. The maximum atomic E-state index is 13.4. The van der Waals surface area contributed by atoms with Crippen molar-refractivity contribution in [2.45, 2.75) is 18.9 Å². The number of pyridine rings is 1. The van der Waals surface area contributed by atoms with Crippen LogP contribution in [-0.2, 0) is 9.53 Å². The smallest absolute Gasteiger partial charge is 0.250 e. The lowest BCUT2D eigenvalue weighted by molar-refractivity contribution is -0.117. The molecule has 0 saturated heterocycles. The largest absolute Gasteiger partial charge is 0.464 e. The maximum Gasteiger partial charge on any atom is 0.250 e. The Hall–Kier alpha value is -4.51. The van der Waals surface area contributed by atoms with Gasteiger partial charge >= 0.3 is 0 Å². The quantitative estimate of drug-likeness (QED) is 0.436. The zero-order valence-electron chi connectivity index (χ0n) is 17.5. The van der Waals surface area contributed by atoms with Gasteiger partial charge in [-0.25, -0.2) is 4.98 Å². The minimum atomic E-state index is -1.58. The van der Waals surface area contributed by atoms with E-state index in [0.29, 0.717) is 17.4 Å². The predicted octanol–water partition coefficient (Wildman–Crippen LogP) is 2.06. The van der Waals surface area contributed by atoms with E-state index in [1.165, 1.54) is 12.5 Å². The van der Waals surface area contributed by atoms with Crippen molar-refractivity contribution in [2.75, 3.05) is 5.32 Å². The number of carbonyl (C=O) groups is 2. The van der Waals surface area contributed by atoms with E-state index in [4.69, 9.17) is 4.74 Å². The summed E-state index contributed by atoms with van der Waals surface area (Å²) in [6.45, 7) is 0. The van der Waals surface area contributed by atoms with Crippen LogP contribution >= 0.6 is 0 Å². The highest BCUT2D eigenvalue weighted by Gasteiger charge is 2.33. The molecular formula is C25H19N5O3. The fourth-order valence-corrected chi connectivity index (χ4v) is 4.00. The van der Waals surface area contributed by atoms with Gasteiger partial charge in [0.2, 0.25) is 5.78 Å². The van der Waals surface area contributed by atoms with Crippen molar-refractivity contribution in [1.82, 2.24) is 14.8 Å². The van der Waals surface area contributed by atoms with Crippen LogP contribution in [0, 0.1) is 17.2 Å². The molecule has 1 aliphatic heterocycles. The summed E-state index contributed by atoms with van der Waals surface area (Å²) in [5.41, 5.74) is 0.932. The van der Waals surface area contributed by atoms with Crippen LogP contribution in [0.25, 0.3) is 11.8 Å². The second kappa shape index (κ2) is 8.55. The predicted molar refractivity (Wildman–Crippen MR) is 121 cm³/mol. The molecule has 1 N–H and O–H groups in total. The monoisotopic (exact) mass is 437 g/mol. The van der Waals surface area contributed by atoms with Crippen LogP contribution < -0.4 is 15.9 Å². The molecule has 0 aromatic carbocycles. The highest BCUT2D eigenvalue weighted by molar-refractivity contribution is 6.14. The normalized spacial score (nSPS) is 17.1. The van der Waals surface area contributed by atoms with E-state index in [1.807, 2.05) is 48.6 Å². The first-order valence-corrected chi connectivity index (χ1v) is 10.5. The van der Waals surface area contributed by atoms with Crippen molar-refractivity contribution in [1.29, 1.82) is 5.26 Å². The first kappa shape index (κ1) is 20.4. The van der Waals surface area contributed by atoms with Gasteiger partial charge in [0.05, 0.1) is 22.7 Å². The Labute approximate surface area is 189 Å². The first-order chi connectivity index (χ1) is 16.2. The summed E-state index contributed by atoms with van der Waals surface area (Å²) < 4.78 is 7.55. The van der Waals surface area contributed by atoms with Gasteiger partial charge in [0.25, 0.3) is 5.91 Å². The van der Waals surface area contributed by atoms with Crippen molar-refractivity contribution in [3.8, 4) is 6.07 Å². The molecule has 1 amide bonds. The lowest BCUT2D eigenvalue weighted by Gasteiger charge is -2.18. The summed E-state index contributed by atoms with van der Waals surface area (Å²) in [7, 11) is 0. The van der Waals surface area contributed by atoms with E-state index >= 15 is 0 Å². The fourth-order valence-electron chi connectivity index (χ4n) is 4.00. The van der Waals surface area contributed by atoms with E-state index in [0.717, 1.165) is 17.3 Å². The fraction of sp³-hybridized carbons (Fsp3) is 0.160. The summed E-state index contributed by atoms with van der Waals surface area (Å²) in [5, 5.41) is 18.0. The molecule has 3 aliphatic rings. The van der Waals surface area contributed by atoms with Gasteiger partial charge in [-0.15, -0.1) is 0 Å². The second-order valence-electron chi connectivity index (χ2n) is 7.65. The summed E-state index contributed by atoms with van der Waals surface area (Å²) in [4.78, 5) is 30.2. The molecule has 2 aromatic rings. The molecule has 1 unspecified atom stereocenters. The molecule has 0 spiro atoms. The number of allylic oxidation sites excluding steroid dienone is 8. The topological polar surface area (TPSA) is 110 Å². The average Bonchev–Trinajstić information content (AvgIpc) is 3.26. The molecule has 0 saturated carbocycles. The van der Waals surface area contributed by atoms with E-state index in [9.17, 15) is 14.9 Å². The van der Waals surface area contributed by atoms with Crippen LogP contribution in [0.15, 0.2) is 72.7 Å². The lowest BCUT2D eigenvalue weighted by Crippen LogP contribution is -2.39. The number of carbonyl (C=O) groups excluding carboxylic acids is 2. The maximum absolute atomic E-state index is 13.4. The highest BCUT2D eigenvalue weighted by atomic mass is 16.5. The summed E-state index contributed by atoms with van der Waals surface area (Å²) >= 11 is 0. The number of ether oxygens (including phenoxy) is 1. The number of anilines is 1. The van der Waals surface area contributed by atoms with Gasteiger partial charge in [-0.05, 0) is 31.1 Å². The average molecular weight is 437 g/mol. The van der Waals surface area contributed by atoms with E-state index in [-0.39, 0.29) is 17.6 Å². The van der Waals surface area contributed by atoms with Gasteiger partial charge in [0, 0.05) is 11.8 Å². The molecule has 8 nitrogen and oxygen atoms in total. The van der Waals surface area contributed by atoms with Crippen molar-refractivity contribution in [3.05, 3.63) is 88.9 Å². The number of nitrogens with zero attached hydrogens (tertiary/aromatic N) is 4. The minimum Gasteiger partial charge on any atom is -0.464 e. The molecule has 1 atom stereocenters. The number of aromatic nitrogens is 3. The Balaban J connectivity index is 1.60. The van der Waals surface area contributed by atoms with Crippen LogP contribution in [0.1, 0.15) is 29.4 Å². The molecular weight excluding hydrogens is 418 g/mol. The lowest BCUT2D eigenvalue weighted by atomic mass is 9.99. The summed E-state index contributed by atoms with van der Waals surface area (Å²) in [6, 6.07) is 6.61. The number of rotatable bonds is 5. The molecule has 2 aromatic heterocycles. The third kappa shape index (κ3) is 3.70. The van der Waals surface area contributed by atoms with Crippen molar-refractivity contribution < 1.29 is 14.3 Å². The number of ketones is 1. The standard InChI is InChI=1S/C25H19N5O3/c26-14-18(25(32)28-21-12-6-7-13-27-21)24(31)22-19-15-33-20-11-5-4-10-17(20)23(19)30(29-22)16-8-2-1-3-9-16/h2-9,11-13,15-16,18H,1,10H2,(H,27,28,32). The number of nitriles is 1. The Morgan fingerprint density at radius 2 is 2.09 bits per heavy atom. The Bertz CT molecular complexity index is 1410. The van der Waals surface area contributed by atoms with Gasteiger partial charge in [-0.1, -0.05) is 42.5 Å². The molecule has 0 bridgehead atoms. The Morgan fingerprint density at radius 1 is 1.24 bits per heavy atom. The zero-order valence-corrected chi connectivity index (χ0v) is 17.5. The molecule has 5 rings (SSSR count). The van der Waals surface area contributed by atoms with Crippen LogP contribution in [0.5, 0.6) is 0 Å². The number of hydrogen-bond donors (Lipinski definition) is 1. The Morgan fingerprint density at radius 3 is 2.85 bits per heavy atom. The number of nitrogens with one attached hydrogen (secondary N) is 1. The molecule has 8 heteroatoms.